The van der Waals surface area contributed by atoms with Crippen LogP contribution < -0.4 is 0 Å². The van der Waals surface area contributed by atoms with Crippen LogP contribution in [0.4, 0.5) is 0 Å². The van der Waals surface area contributed by atoms with Crippen LogP contribution in [-0.2, 0) is 4.74 Å². The van der Waals surface area contributed by atoms with E-state index < -0.39 is 0 Å². The first kappa shape index (κ1) is 12.9. The number of ether oxygens (including phenoxy) is 1. The highest BCUT2D eigenvalue weighted by atomic mass is 16.5. The van der Waals surface area contributed by atoms with Crippen molar-refractivity contribution in [2.75, 3.05) is 32.8 Å². The Morgan fingerprint density at radius 3 is 2.39 bits per heavy atom. The van der Waals surface area contributed by atoms with Crippen LogP contribution in [0, 0.1) is 11.8 Å². The summed E-state index contributed by atoms with van der Waals surface area (Å²) in [6, 6.07) is 1.63. The minimum atomic E-state index is 0.332. The smallest absolute Gasteiger partial charge is 0.0594 e. The Morgan fingerprint density at radius 2 is 1.83 bits per heavy atom. The van der Waals surface area contributed by atoms with Gasteiger partial charge in [0.15, 0.2) is 0 Å². The third-order valence-corrected chi connectivity index (χ3v) is 5.12. The Hall–Kier alpha value is -0.120. The topological polar surface area (TPSA) is 15.7 Å². The number of hydrogen-bond donors (Lipinski definition) is 0. The van der Waals surface area contributed by atoms with E-state index in [4.69, 9.17) is 4.74 Å². The van der Waals surface area contributed by atoms with Gasteiger partial charge in [0, 0.05) is 37.3 Å². The summed E-state index contributed by atoms with van der Waals surface area (Å²) in [5.74, 6) is 1.86. The third-order valence-electron chi connectivity index (χ3n) is 5.12. The van der Waals surface area contributed by atoms with Crippen LogP contribution in [-0.4, -0.2) is 60.3 Å². The average Bonchev–Trinajstić information content (AvgIpc) is 3.00. The molecule has 104 valence electrons. The lowest BCUT2D eigenvalue weighted by atomic mass is 9.94. The standard InChI is InChI=1S/C15H28N2O/c1-11-13(10-16-5-7-18-8-6-16)12-9-14(12)17(11)15(2,3)4/h11-14H,5-10H2,1-4H3/t11-,12-,13?,14?/m1/s1. The number of rotatable bonds is 2. The fourth-order valence-electron chi connectivity index (χ4n) is 4.32. The van der Waals surface area contributed by atoms with Crippen molar-refractivity contribution in [3.8, 4) is 0 Å². The van der Waals surface area contributed by atoms with Gasteiger partial charge in [-0.15, -0.1) is 0 Å². The van der Waals surface area contributed by atoms with Gasteiger partial charge < -0.3 is 4.74 Å². The molecule has 0 amide bonds. The molecule has 0 N–H and O–H groups in total. The number of piperidine rings is 1. The van der Waals surface area contributed by atoms with Gasteiger partial charge in [-0.1, -0.05) is 0 Å². The molecular weight excluding hydrogens is 224 g/mol. The molecule has 1 saturated carbocycles. The van der Waals surface area contributed by atoms with Crippen molar-refractivity contribution in [3.63, 3.8) is 0 Å². The Bertz CT molecular complexity index is 306. The van der Waals surface area contributed by atoms with E-state index in [9.17, 15) is 0 Å². The van der Waals surface area contributed by atoms with Crippen LogP contribution in [0.2, 0.25) is 0 Å². The highest BCUT2D eigenvalue weighted by Crippen LogP contribution is 2.54. The first-order valence-electron chi connectivity index (χ1n) is 7.57. The molecule has 0 aromatic heterocycles. The quantitative estimate of drug-likeness (QED) is 0.745. The predicted molar refractivity (Wildman–Crippen MR) is 73.7 cm³/mol. The van der Waals surface area contributed by atoms with Crippen LogP contribution in [0.1, 0.15) is 34.1 Å². The van der Waals surface area contributed by atoms with Gasteiger partial charge in [0.05, 0.1) is 13.2 Å². The number of morpholine rings is 1. The first-order valence-corrected chi connectivity index (χ1v) is 7.57. The maximum absolute atomic E-state index is 5.45. The van der Waals surface area contributed by atoms with Crippen molar-refractivity contribution in [2.24, 2.45) is 11.8 Å². The molecule has 0 aromatic carbocycles. The maximum atomic E-state index is 5.45. The van der Waals surface area contributed by atoms with Gasteiger partial charge in [0.25, 0.3) is 0 Å². The third kappa shape index (κ3) is 2.21. The molecule has 0 bridgehead atoms. The van der Waals surface area contributed by atoms with E-state index in [0.29, 0.717) is 5.54 Å². The molecule has 1 aliphatic carbocycles. The maximum Gasteiger partial charge on any atom is 0.0594 e. The molecule has 3 heteroatoms. The van der Waals surface area contributed by atoms with Crippen LogP contribution in [0.25, 0.3) is 0 Å². The first-order chi connectivity index (χ1) is 8.48. The predicted octanol–water partition coefficient (Wildman–Crippen LogP) is 1.83. The van der Waals surface area contributed by atoms with E-state index in [1.54, 1.807) is 0 Å². The van der Waals surface area contributed by atoms with Crippen molar-refractivity contribution in [1.82, 2.24) is 9.80 Å². The SMILES string of the molecule is C[C@@H]1C(CN2CCOCC2)[C@H]2CC2N1C(C)(C)C. The van der Waals surface area contributed by atoms with Crippen LogP contribution in [0.5, 0.6) is 0 Å². The van der Waals surface area contributed by atoms with Crippen molar-refractivity contribution < 1.29 is 4.74 Å². The molecule has 18 heavy (non-hydrogen) atoms. The van der Waals surface area contributed by atoms with Gasteiger partial charge in [-0.05, 0) is 46.0 Å². The van der Waals surface area contributed by atoms with E-state index in [1.165, 1.54) is 13.0 Å². The zero-order valence-corrected chi connectivity index (χ0v) is 12.4. The lowest BCUT2D eigenvalue weighted by Gasteiger charge is -2.40. The molecule has 4 atom stereocenters. The summed E-state index contributed by atoms with van der Waals surface area (Å²) in [7, 11) is 0. The molecule has 2 heterocycles. The van der Waals surface area contributed by atoms with Gasteiger partial charge in [-0.3, -0.25) is 9.80 Å². The number of likely N-dealkylation sites (tertiary alicyclic amines) is 1. The van der Waals surface area contributed by atoms with Gasteiger partial charge in [0.1, 0.15) is 0 Å². The zero-order valence-electron chi connectivity index (χ0n) is 12.4. The van der Waals surface area contributed by atoms with Crippen molar-refractivity contribution >= 4 is 0 Å². The molecule has 3 aliphatic rings. The molecule has 2 saturated heterocycles. The fourth-order valence-corrected chi connectivity index (χ4v) is 4.32. The van der Waals surface area contributed by atoms with E-state index in [0.717, 1.165) is 50.2 Å². The summed E-state index contributed by atoms with van der Waals surface area (Å²) in [5.41, 5.74) is 0.332. The molecule has 2 unspecified atom stereocenters. The fraction of sp³-hybridized carbons (Fsp3) is 1.00. The largest absolute Gasteiger partial charge is 0.379 e. The van der Waals surface area contributed by atoms with E-state index >= 15 is 0 Å². The highest BCUT2D eigenvalue weighted by molar-refractivity contribution is 5.12. The molecule has 0 radical (unpaired) electrons. The summed E-state index contributed by atoms with van der Waals surface area (Å²) in [6.45, 7) is 15.0. The molecule has 3 nitrogen and oxygen atoms in total. The Morgan fingerprint density at radius 1 is 1.17 bits per heavy atom. The molecule has 0 aromatic rings. The minimum Gasteiger partial charge on any atom is -0.379 e. The molecule has 0 spiro atoms. The van der Waals surface area contributed by atoms with Crippen LogP contribution in [0.3, 0.4) is 0 Å². The van der Waals surface area contributed by atoms with E-state index in [2.05, 4.69) is 37.5 Å². The second-order valence-electron chi connectivity index (χ2n) is 7.36. The van der Waals surface area contributed by atoms with Crippen molar-refractivity contribution in [2.45, 2.75) is 51.7 Å². The molecule has 2 aliphatic heterocycles. The molecule has 3 rings (SSSR count). The normalized spacial score (nSPS) is 42.0. The van der Waals surface area contributed by atoms with Gasteiger partial charge >= 0.3 is 0 Å². The van der Waals surface area contributed by atoms with Gasteiger partial charge in [0.2, 0.25) is 0 Å². The highest BCUT2D eigenvalue weighted by Gasteiger charge is 2.59. The van der Waals surface area contributed by atoms with E-state index in [1.807, 2.05) is 0 Å². The molecule has 3 fully saturated rings. The zero-order chi connectivity index (χ0) is 12.9. The summed E-state index contributed by atoms with van der Waals surface area (Å²) in [6.07, 6.45) is 1.44. The second kappa shape index (κ2) is 4.46. The van der Waals surface area contributed by atoms with Crippen LogP contribution in [0.15, 0.2) is 0 Å². The number of hydrogen-bond acceptors (Lipinski definition) is 3. The number of fused-ring (bicyclic) bond motifs is 1. The Labute approximate surface area is 111 Å². The monoisotopic (exact) mass is 252 g/mol. The summed E-state index contributed by atoms with van der Waals surface area (Å²) in [4.78, 5) is 5.40. The minimum absolute atomic E-state index is 0.332. The second-order valence-corrected chi connectivity index (χ2v) is 7.36. The Kier molecular flexibility index (Phi) is 3.20. The van der Waals surface area contributed by atoms with Gasteiger partial charge in [-0.25, -0.2) is 0 Å². The lowest BCUT2D eigenvalue weighted by molar-refractivity contribution is 0.0196. The average molecular weight is 252 g/mol. The molecular formula is C15H28N2O. The summed E-state index contributed by atoms with van der Waals surface area (Å²) < 4.78 is 5.45. The number of nitrogens with zero attached hydrogens (tertiary/aromatic N) is 2. The summed E-state index contributed by atoms with van der Waals surface area (Å²) in [5, 5.41) is 0. The van der Waals surface area contributed by atoms with Crippen molar-refractivity contribution in [1.29, 1.82) is 0 Å². The Balaban J connectivity index is 1.64. The van der Waals surface area contributed by atoms with Gasteiger partial charge in [-0.2, -0.15) is 0 Å². The lowest BCUT2D eigenvalue weighted by Crippen LogP contribution is -2.49. The van der Waals surface area contributed by atoms with E-state index in [-0.39, 0.29) is 0 Å². The summed E-state index contributed by atoms with van der Waals surface area (Å²) >= 11 is 0. The van der Waals surface area contributed by atoms with Crippen LogP contribution >= 0.6 is 0 Å². The van der Waals surface area contributed by atoms with Crippen molar-refractivity contribution in [3.05, 3.63) is 0 Å².